The molecule has 0 N–H and O–H groups in total. The minimum atomic E-state index is -5.93. The largest absolute Gasteiger partial charge is 0.459 e. The zero-order chi connectivity index (χ0) is 28.0. The number of benzene rings is 3. The molecule has 4 rings (SSSR count). The molecular weight excluding hydrogens is 539 g/mol. The maximum absolute atomic E-state index is 14.6. The first-order chi connectivity index (χ1) is 17.6. The van der Waals surface area contributed by atoms with Crippen molar-refractivity contribution in [1.29, 1.82) is 0 Å². The van der Waals surface area contributed by atoms with Gasteiger partial charge in [0.05, 0.1) is 16.6 Å². The molecule has 0 bridgehead atoms. The zero-order valence-electron chi connectivity index (χ0n) is 19.8. The predicted octanol–water partition coefficient (Wildman–Crippen LogP) is 6.39. The average molecular weight is 560 g/mol. The lowest BCUT2D eigenvalue weighted by molar-refractivity contribution is -0.249. The molecule has 0 saturated carbocycles. The molecule has 5 nitrogen and oxygen atoms in total. The second-order valence-electron chi connectivity index (χ2n) is 8.72. The number of hydrogen-bond acceptors (Lipinski definition) is 4. The third kappa shape index (κ3) is 4.99. The van der Waals surface area contributed by atoms with Crippen LogP contribution in [0.1, 0.15) is 18.0 Å². The van der Waals surface area contributed by atoms with Gasteiger partial charge in [-0.05, 0) is 47.0 Å². The first-order valence-corrected chi connectivity index (χ1v) is 12.5. The highest BCUT2D eigenvalue weighted by atomic mass is 32.2. The van der Waals surface area contributed by atoms with E-state index in [9.17, 15) is 39.2 Å². The second kappa shape index (κ2) is 9.70. The first-order valence-electron chi connectivity index (χ1n) is 11.0. The minimum absolute atomic E-state index is 0.0311. The van der Waals surface area contributed by atoms with Crippen molar-refractivity contribution in [3.8, 4) is 11.1 Å². The van der Waals surface area contributed by atoms with Gasteiger partial charge in [-0.3, -0.25) is 5.01 Å². The third-order valence-electron chi connectivity index (χ3n) is 6.02. The molecule has 0 saturated heterocycles. The lowest BCUT2D eigenvalue weighted by Crippen LogP contribution is -2.43. The van der Waals surface area contributed by atoms with Gasteiger partial charge in [-0.2, -0.15) is 27.1 Å². The fourth-order valence-corrected chi connectivity index (χ4v) is 4.87. The Balaban J connectivity index is 1.75. The molecule has 3 aromatic carbocycles. The SMILES string of the molecule is CN(C)S(=O)(=O)c1ccc(-c2cccc(C3CC(C(F)(F)C(F)(F)F)=NN3c3ccc(F)cc3F)c2)cc1. The number of sulfonamides is 1. The topological polar surface area (TPSA) is 53.0 Å². The summed E-state index contributed by atoms with van der Waals surface area (Å²) in [5, 5.41) is 4.14. The number of nitrogens with zero attached hydrogens (tertiary/aromatic N) is 3. The van der Waals surface area contributed by atoms with E-state index in [0.29, 0.717) is 22.2 Å². The number of anilines is 1. The Labute approximate surface area is 213 Å². The van der Waals surface area contributed by atoms with Crippen LogP contribution in [-0.2, 0) is 10.0 Å². The van der Waals surface area contributed by atoms with Crippen molar-refractivity contribution >= 4 is 21.4 Å². The normalized spacial score (nSPS) is 16.7. The van der Waals surface area contributed by atoms with Crippen LogP contribution < -0.4 is 5.01 Å². The summed E-state index contributed by atoms with van der Waals surface area (Å²) in [5.41, 5.74) is -0.737. The fourth-order valence-electron chi connectivity index (χ4n) is 3.97. The molecule has 1 aliphatic rings. The highest BCUT2D eigenvalue weighted by Crippen LogP contribution is 2.45. The maximum Gasteiger partial charge on any atom is 0.459 e. The predicted molar refractivity (Wildman–Crippen MR) is 127 cm³/mol. The second-order valence-corrected chi connectivity index (χ2v) is 10.9. The van der Waals surface area contributed by atoms with Crippen LogP contribution in [0.5, 0.6) is 0 Å². The van der Waals surface area contributed by atoms with Crippen LogP contribution in [0.4, 0.5) is 36.4 Å². The molecular formula is C25H20F7N3O2S. The highest BCUT2D eigenvalue weighted by Gasteiger charge is 2.63. The van der Waals surface area contributed by atoms with Crippen LogP contribution in [0.3, 0.4) is 0 Å². The molecule has 38 heavy (non-hydrogen) atoms. The fraction of sp³-hybridized carbons (Fsp3) is 0.240. The van der Waals surface area contributed by atoms with Crippen LogP contribution in [0.2, 0.25) is 0 Å². The van der Waals surface area contributed by atoms with Crippen molar-refractivity contribution < 1.29 is 39.2 Å². The van der Waals surface area contributed by atoms with E-state index in [1.54, 1.807) is 6.07 Å². The Morgan fingerprint density at radius 2 is 1.55 bits per heavy atom. The summed E-state index contributed by atoms with van der Waals surface area (Å²) < 4.78 is 121. The van der Waals surface area contributed by atoms with Crippen LogP contribution in [0, 0.1) is 11.6 Å². The monoisotopic (exact) mass is 559 g/mol. The molecule has 0 spiro atoms. The highest BCUT2D eigenvalue weighted by molar-refractivity contribution is 7.89. The van der Waals surface area contributed by atoms with Gasteiger partial charge in [0.25, 0.3) is 0 Å². The summed E-state index contributed by atoms with van der Waals surface area (Å²) in [7, 11) is -0.933. The molecule has 0 aliphatic carbocycles. The summed E-state index contributed by atoms with van der Waals surface area (Å²) in [6.07, 6.45) is -6.81. The maximum atomic E-state index is 14.6. The van der Waals surface area contributed by atoms with E-state index in [1.165, 1.54) is 56.6 Å². The number of rotatable bonds is 6. The van der Waals surface area contributed by atoms with Crippen molar-refractivity contribution in [2.24, 2.45) is 5.10 Å². The zero-order valence-corrected chi connectivity index (χ0v) is 20.7. The molecule has 0 amide bonds. The Morgan fingerprint density at radius 3 is 2.13 bits per heavy atom. The van der Waals surface area contributed by atoms with Gasteiger partial charge < -0.3 is 0 Å². The van der Waals surface area contributed by atoms with E-state index >= 15 is 0 Å². The Hall–Kier alpha value is -3.45. The molecule has 1 aliphatic heterocycles. The van der Waals surface area contributed by atoms with E-state index in [2.05, 4.69) is 5.10 Å². The Bertz CT molecular complexity index is 1490. The van der Waals surface area contributed by atoms with E-state index in [4.69, 9.17) is 0 Å². The lowest BCUT2D eigenvalue weighted by atomic mass is 9.95. The van der Waals surface area contributed by atoms with Gasteiger partial charge >= 0.3 is 12.1 Å². The van der Waals surface area contributed by atoms with Gasteiger partial charge in [-0.15, -0.1) is 0 Å². The number of hydrogen-bond donors (Lipinski definition) is 0. The Kier molecular flexibility index (Phi) is 7.04. The van der Waals surface area contributed by atoms with Gasteiger partial charge in [-0.1, -0.05) is 30.3 Å². The van der Waals surface area contributed by atoms with Gasteiger partial charge in [0.2, 0.25) is 10.0 Å². The molecule has 0 radical (unpaired) electrons. The first kappa shape index (κ1) is 27.6. The van der Waals surface area contributed by atoms with Crippen LogP contribution in [-0.4, -0.2) is 44.6 Å². The van der Waals surface area contributed by atoms with E-state index in [-0.39, 0.29) is 10.5 Å². The molecule has 0 fully saturated rings. The lowest BCUT2D eigenvalue weighted by Gasteiger charge is -2.25. The summed E-state index contributed by atoms with van der Waals surface area (Å²) in [6, 6.07) is 12.8. The molecule has 13 heteroatoms. The standard InChI is InChI=1S/C25H20F7N3O2S/c1-34(2)38(36,37)19-9-6-15(7-10-19)16-4-3-5-17(12-16)22-14-23(24(28,29)25(30,31)32)33-35(22)21-11-8-18(26)13-20(21)27/h3-13,22H,14H2,1-2H3. The molecule has 1 unspecified atom stereocenters. The molecule has 202 valence electrons. The third-order valence-corrected chi connectivity index (χ3v) is 7.85. The van der Waals surface area contributed by atoms with Gasteiger partial charge in [0.1, 0.15) is 11.5 Å². The van der Waals surface area contributed by atoms with Crippen LogP contribution >= 0.6 is 0 Å². The molecule has 0 aromatic heterocycles. The van der Waals surface area contributed by atoms with Crippen molar-refractivity contribution in [3.05, 3.63) is 83.9 Å². The van der Waals surface area contributed by atoms with Crippen LogP contribution in [0.25, 0.3) is 11.1 Å². The number of hydrazone groups is 1. The van der Waals surface area contributed by atoms with Gasteiger partial charge in [-0.25, -0.2) is 21.5 Å². The van der Waals surface area contributed by atoms with E-state index < -0.39 is 57.6 Å². The van der Waals surface area contributed by atoms with Crippen molar-refractivity contribution in [2.75, 3.05) is 19.1 Å². The number of alkyl halides is 5. The Morgan fingerprint density at radius 1 is 0.895 bits per heavy atom. The van der Waals surface area contributed by atoms with Crippen molar-refractivity contribution in [2.45, 2.75) is 29.5 Å². The van der Waals surface area contributed by atoms with E-state index in [1.807, 2.05) is 0 Å². The smallest absolute Gasteiger partial charge is 0.255 e. The minimum Gasteiger partial charge on any atom is -0.255 e. The molecule has 1 heterocycles. The molecule has 1 atom stereocenters. The molecule has 3 aromatic rings. The van der Waals surface area contributed by atoms with Crippen LogP contribution in [0.15, 0.2) is 76.7 Å². The summed E-state index contributed by atoms with van der Waals surface area (Å²) in [6.45, 7) is 0. The quantitative estimate of drug-likeness (QED) is 0.329. The van der Waals surface area contributed by atoms with E-state index in [0.717, 1.165) is 16.4 Å². The van der Waals surface area contributed by atoms with Crippen molar-refractivity contribution in [1.82, 2.24) is 4.31 Å². The summed E-state index contributed by atoms with van der Waals surface area (Å²) in [5.74, 6) is -7.43. The van der Waals surface area contributed by atoms with Gasteiger partial charge in [0, 0.05) is 26.6 Å². The summed E-state index contributed by atoms with van der Waals surface area (Å²) >= 11 is 0. The summed E-state index contributed by atoms with van der Waals surface area (Å²) in [4.78, 5) is 0.0311. The average Bonchev–Trinajstić information content (AvgIpc) is 3.29. The van der Waals surface area contributed by atoms with Crippen molar-refractivity contribution in [3.63, 3.8) is 0 Å². The van der Waals surface area contributed by atoms with Gasteiger partial charge in [0.15, 0.2) is 5.82 Å². The number of halogens is 7.